The van der Waals surface area contributed by atoms with Crippen LogP contribution in [0.25, 0.3) is 0 Å². The van der Waals surface area contributed by atoms with Crippen molar-refractivity contribution in [3.8, 4) is 5.75 Å². The summed E-state index contributed by atoms with van der Waals surface area (Å²) in [5.41, 5.74) is 1.49. The van der Waals surface area contributed by atoms with Crippen molar-refractivity contribution in [3.63, 3.8) is 0 Å². The van der Waals surface area contributed by atoms with Crippen molar-refractivity contribution < 1.29 is 13.3 Å². The Hall–Kier alpha value is -1.23. The molecule has 0 amide bonds. The minimum atomic E-state index is -1.35. The van der Waals surface area contributed by atoms with Crippen LogP contribution in [0, 0.1) is 17.7 Å². The van der Waals surface area contributed by atoms with Crippen molar-refractivity contribution in [2.24, 2.45) is 16.2 Å². The molecule has 0 radical (unpaired) electrons. The minimum absolute atomic E-state index is 0.0862. The molecule has 0 saturated heterocycles. The topological polar surface area (TPSA) is 38.7 Å². The van der Waals surface area contributed by atoms with Crippen LogP contribution in [0.3, 0.4) is 0 Å². The molecule has 128 valence electrons. The lowest BCUT2D eigenvalue weighted by Gasteiger charge is -2.17. The lowest BCUT2D eigenvalue weighted by Crippen LogP contribution is -2.22. The van der Waals surface area contributed by atoms with Gasteiger partial charge < -0.3 is 4.74 Å². The van der Waals surface area contributed by atoms with Crippen molar-refractivity contribution in [2.75, 3.05) is 6.61 Å². The van der Waals surface area contributed by atoms with Crippen molar-refractivity contribution >= 4 is 16.7 Å². The van der Waals surface area contributed by atoms with E-state index < -0.39 is 15.7 Å². The molecule has 23 heavy (non-hydrogen) atoms. The quantitative estimate of drug-likeness (QED) is 0.715. The number of hydrogen-bond donors (Lipinski definition) is 0. The van der Waals surface area contributed by atoms with E-state index in [4.69, 9.17) is 4.74 Å². The van der Waals surface area contributed by atoms with Gasteiger partial charge in [-0.2, -0.15) is 4.40 Å². The Morgan fingerprint density at radius 2 is 2.04 bits per heavy atom. The summed E-state index contributed by atoms with van der Waals surface area (Å²) in [7, 11) is -1.35. The molecule has 5 heteroatoms. The molecule has 0 spiro atoms. The SMILES string of the molecule is CC(C)/C(=N\[S@@](=O)C(C)(C)C)c1ccc(F)c(OCC2CC2)c1. The van der Waals surface area contributed by atoms with Gasteiger partial charge in [0.05, 0.1) is 17.1 Å². The van der Waals surface area contributed by atoms with Crippen LogP contribution < -0.4 is 4.74 Å². The maximum atomic E-state index is 13.9. The Labute approximate surface area is 140 Å². The van der Waals surface area contributed by atoms with Crippen LogP contribution in [-0.4, -0.2) is 21.3 Å². The van der Waals surface area contributed by atoms with Gasteiger partial charge in [0.1, 0.15) is 11.0 Å². The summed E-state index contributed by atoms with van der Waals surface area (Å²) >= 11 is 0. The Morgan fingerprint density at radius 1 is 1.39 bits per heavy atom. The van der Waals surface area contributed by atoms with E-state index in [2.05, 4.69) is 4.40 Å². The highest BCUT2D eigenvalue weighted by atomic mass is 32.2. The Bertz CT molecular complexity index is 616. The highest BCUT2D eigenvalue weighted by molar-refractivity contribution is 7.85. The zero-order valence-electron chi connectivity index (χ0n) is 14.6. The number of halogens is 1. The molecule has 1 aliphatic rings. The van der Waals surface area contributed by atoms with E-state index >= 15 is 0 Å². The molecule has 1 aromatic rings. The van der Waals surface area contributed by atoms with Crippen molar-refractivity contribution in [1.82, 2.24) is 0 Å². The van der Waals surface area contributed by atoms with Crippen LogP contribution in [0.5, 0.6) is 5.75 Å². The molecule has 1 aliphatic carbocycles. The third kappa shape index (κ3) is 5.13. The molecule has 0 aromatic heterocycles. The standard InChI is InChI=1S/C18H26FNO2S/c1-12(2)17(20-23(21)18(3,4)5)14-8-9-15(19)16(10-14)22-11-13-6-7-13/h8-10,12-13H,6-7,11H2,1-5H3/b20-17+/t23-/m0/s1. The molecule has 0 N–H and O–H groups in total. The normalized spacial score (nSPS) is 17.4. The van der Waals surface area contributed by atoms with Gasteiger partial charge in [-0.1, -0.05) is 13.8 Å². The summed E-state index contributed by atoms with van der Waals surface area (Å²) < 4.78 is 35.9. The van der Waals surface area contributed by atoms with Crippen LogP contribution in [0.2, 0.25) is 0 Å². The molecule has 1 saturated carbocycles. The van der Waals surface area contributed by atoms with Gasteiger partial charge in [-0.05, 0) is 63.6 Å². The summed E-state index contributed by atoms with van der Waals surface area (Å²) in [6.07, 6.45) is 2.31. The number of rotatable bonds is 6. The van der Waals surface area contributed by atoms with E-state index in [1.165, 1.54) is 6.07 Å². The van der Waals surface area contributed by atoms with Gasteiger partial charge in [-0.3, -0.25) is 0 Å². The molecule has 0 bridgehead atoms. The van der Waals surface area contributed by atoms with Crippen molar-refractivity contribution in [3.05, 3.63) is 29.6 Å². The second-order valence-corrected chi connectivity index (χ2v) is 9.30. The smallest absolute Gasteiger partial charge is 0.165 e. The molecule has 3 nitrogen and oxygen atoms in total. The summed E-state index contributed by atoms with van der Waals surface area (Å²) in [6.45, 7) is 10.2. The molecule has 0 aliphatic heterocycles. The third-order valence-corrected chi connectivity index (χ3v) is 5.06. The molecular weight excluding hydrogens is 313 g/mol. The van der Waals surface area contributed by atoms with Gasteiger partial charge >= 0.3 is 0 Å². The fourth-order valence-electron chi connectivity index (χ4n) is 1.98. The predicted octanol–water partition coefficient (Wildman–Crippen LogP) is 4.52. The summed E-state index contributed by atoms with van der Waals surface area (Å²) in [4.78, 5) is 0. The first-order valence-corrected chi connectivity index (χ1v) is 9.22. The van der Waals surface area contributed by atoms with Gasteiger partial charge in [0, 0.05) is 5.56 Å². The number of ether oxygens (including phenoxy) is 1. The van der Waals surface area contributed by atoms with Gasteiger partial charge in [-0.15, -0.1) is 0 Å². The highest BCUT2D eigenvalue weighted by Crippen LogP contribution is 2.30. The number of nitrogens with zero attached hydrogens (tertiary/aromatic N) is 1. The van der Waals surface area contributed by atoms with E-state index in [1.807, 2.05) is 34.6 Å². The Balaban J connectivity index is 2.29. The van der Waals surface area contributed by atoms with Gasteiger partial charge in [0.25, 0.3) is 0 Å². The maximum Gasteiger partial charge on any atom is 0.165 e. The lowest BCUT2D eigenvalue weighted by atomic mass is 10.00. The second-order valence-electron chi connectivity index (χ2n) is 7.39. The van der Waals surface area contributed by atoms with E-state index in [0.717, 1.165) is 24.1 Å². The van der Waals surface area contributed by atoms with Crippen LogP contribution in [-0.2, 0) is 11.0 Å². The molecule has 1 fully saturated rings. The van der Waals surface area contributed by atoms with E-state index in [9.17, 15) is 8.60 Å². The monoisotopic (exact) mass is 339 g/mol. The average molecular weight is 339 g/mol. The molecule has 1 atom stereocenters. The zero-order chi connectivity index (χ0) is 17.2. The summed E-state index contributed by atoms with van der Waals surface area (Å²) in [5, 5.41) is 0. The number of benzene rings is 1. The average Bonchev–Trinajstić information content (AvgIpc) is 3.26. The first-order chi connectivity index (χ1) is 10.7. The van der Waals surface area contributed by atoms with Crippen LogP contribution >= 0.6 is 0 Å². The third-order valence-electron chi connectivity index (χ3n) is 3.65. The van der Waals surface area contributed by atoms with E-state index in [1.54, 1.807) is 12.1 Å². The predicted molar refractivity (Wildman–Crippen MR) is 93.9 cm³/mol. The fraction of sp³-hybridized carbons (Fsp3) is 0.611. The highest BCUT2D eigenvalue weighted by Gasteiger charge is 2.24. The molecule has 1 aromatic carbocycles. The Kier molecular flexibility index (Phi) is 5.61. The zero-order valence-corrected chi connectivity index (χ0v) is 15.4. The van der Waals surface area contributed by atoms with Gasteiger partial charge in [0.15, 0.2) is 11.6 Å². The van der Waals surface area contributed by atoms with Crippen LogP contribution in [0.4, 0.5) is 4.39 Å². The molecule has 0 heterocycles. The van der Waals surface area contributed by atoms with Crippen molar-refractivity contribution in [2.45, 2.75) is 52.2 Å². The number of hydrogen-bond acceptors (Lipinski definition) is 2. The lowest BCUT2D eigenvalue weighted by molar-refractivity contribution is 0.285. The summed E-state index contributed by atoms with van der Waals surface area (Å²) in [5.74, 6) is 0.534. The first-order valence-electron chi connectivity index (χ1n) is 8.11. The van der Waals surface area contributed by atoms with E-state index in [-0.39, 0.29) is 17.5 Å². The summed E-state index contributed by atoms with van der Waals surface area (Å²) in [6, 6.07) is 4.75. The van der Waals surface area contributed by atoms with Gasteiger partial charge in [-0.25, -0.2) is 8.60 Å². The van der Waals surface area contributed by atoms with Crippen LogP contribution in [0.15, 0.2) is 22.6 Å². The largest absolute Gasteiger partial charge is 0.490 e. The van der Waals surface area contributed by atoms with Crippen molar-refractivity contribution in [1.29, 1.82) is 0 Å². The minimum Gasteiger partial charge on any atom is -0.490 e. The first kappa shape index (κ1) is 18.1. The molecular formula is C18H26FNO2S. The van der Waals surface area contributed by atoms with E-state index in [0.29, 0.717) is 12.5 Å². The molecule has 2 rings (SSSR count). The fourth-order valence-corrected chi connectivity index (χ4v) is 2.75. The maximum absolute atomic E-state index is 13.9. The second kappa shape index (κ2) is 7.12. The Morgan fingerprint density at radius 3 is 2.57 bits per heavy atom. The van der Waals surface area contributed by atoms with Gasteiger partial charge in [0.2, 0.25) is 0 Å². The van der Waals surface area contributed by atoms with Crippen LogP contribution in [0.1, 0.15) is 53.0 Å². The molecule has 0 unspecified atom stereocenters.